The third-order valence-electron chi connectivity index (χ3n) is 4.75. The fourth-order valence-electron chi connectivity index (χ4n) is 3.56. The summed E-state index contributed by atoms with van der Waals surface area (Å²) in [6, 6.07) is 16.0. The highest BCUT2D eigenvalue weighted by molar-refractivity contribution is 6.31. The van der Waals surface area contributed by atoms with Crippen LogP contribution in [-0.2, 0) is 0 Å². The molecule has 2 aliphatic heterocycles. The molecule has 0 aliphatic carbocycles. The van der Waals surface area contributed by atoms with Gasteiger partial charge in [-0.2, -0.15) is 5.10 Å². The topological polar surface area (TPSA) is 38.0 Å². The first-order valence-corrected chi connectivity index (χ1v) is 8.69. The number of hydrazone groups is 1. The molecule has 2 aliphatic rings. The Morgan fingerprint density at radius 3 is 2.77 bits per heavy atom. The van der Waals surface area contributed by atoms with Gasteiger partial charge in [-0.3, -0.25) is 0 Å². The van der Waals surface area contributed by atoms with Gasteiger partial charge in [-0.15, -0.1) is 0 Å². The second-order valence-corrected chi connectivity index (χ2v) is 6.67. The fourth-order valence-corrected chi connectivity index (χ4v) is 3.82. The number of para-hydroxylation sites is 1. The Morgan fingerprint density at radius 2 is 1.96 bits per heavy atom. The number of fused-ring (bicyclic) bond motifs is 3. The minimum Gasteiger partial charge on any atom is -0.464 e. The summed E-state index contributed by atoms with van der Waals surface area (Å²) in [6.07, 6.45) is 1.53. The zero-order valence-corrected chi connectivity index (χ0v) is 14.4. The highest BCUT2D eigenvalue weighted by Gasteiger charge is 2.42. The number of rotatable bonds is 2. The molecule has 0 bridgehead atoms. The maximum Gasteiger partial charge on any atom is 0.218 e. The lowest BCUT2D eigenvalue weighted by Crippen LogP contribution is -2.34. The SMILES string of the molecule is Fc1cccc(Cl)c1[C@@H]1Oc2ccccc2[C@@H]2CC(c3ccco3)=NN21. The van der Waals surface area contributed by atoms with Gasteiger partial charge in [0.15, 0.2) is 0 Å². The molecule has 2 atom stereocenters. The summed E-state index contributed by atoms with van der Waals surface area (Å²) in [5.74, 6) is 1.01. The van der Waals surface area contributed by atoms with Crippen molar-refractivity contribution in [1.29, 1.82) is 0 Å². The summed E-state index contributed by atoms with van der Waals surface area (Å²) in [6.45, 7) is 0. The van der Waals surface area contributed by atoms with E-state index >= 15 is 0 Å². The summed E-state index contributed by atoms with van der Waals surface area (Å²) < 4.78 is 26.2. The van der Waals surface area contributed by atoms with E-state index in [0.717, 1.165) is 11.3 Å². The van der Waals surface area contributed by atoms with E-state index in [9.17, 15) is 4.39 Å². The van der Waals surface area contributed by atoms with Crippen LogP contribution in [0.1, 0.15) is 35.6 Å². The van der Waals surface area contributed by atoms with Crippen LogP contribution in [0.3, 0.4) is 0 Å². The molecule has 2 aromatic carbocycles. The summed E-state index contributed by atoms with van der Waals surface area (Å²) in [5, 5.41) is 6.79. The molecule has 0 spiro atoms. The predicted molar refractivity (Wildman–Crippen MR) is 95.7 cm³/mol. The average Bonchev–Trinajstić information content (AvgIpc) is 3.31. The van der Waals surface area contributed by atoms with Gasteiger partial charge in [0, 0.05) is 12.0 Å². The van der Waals surface area contributed by atoms with Crippen LogP contribution in [0.2, 0.25) is 5.02 Å². The molecular formula is C20H14ClFN2O2. The van der Waals surface area contributed by atoms with E-state index < -0.39 is 12.0 Å². The summed E-state index contributed by atoms with van der Waals surface area (Å²) >= 11 is 6.30. The standard InChI is InChI=1S/C20H14ClFN2O2/c21-13-6-3-7-14(22)19(13)20-24-16(12-5-1-2-8-17(12)26-20)11-15(23-24)18-9-4-10-25-18/h1-10,16,20H,11H2/t16-,20-/m0/s1. The van der Waals surface area contributed by atoms with Crippen LogP contribution in [0, 0.1) is 5.82 Å². The maximum absolute atomic E-state index is 14.6. The van der Waals surface area contributed by atoms with E-state index in [1.165, 1.54) is 6.07 Å². The van der Waals surface area contributed by atoms with Gasteiger partial charge in [-0.1, -0.05) is 35.9 Å². The highest BCUT2D eigenvalue weighted by Crippen LogP contribution is 2.48. The Morgan fingerprint density at radius 1 is 1.08 bits per heavy atom. The number of hydrogen-bond acceptors (Lipinski definition) is 4. The number of nitrogens with zero attached hydrogens (tertiary/aromatic N) is 2. The predicted octanol–water partition coefficient (Wildman–Crippen LogP) is 5.31. The van der Waals surface area contributed by atoms with Gasteiger partial charge in [0.25, 0.3) is 0 Å². The lowest BCUT2D eigenvalue weighted by molar-refractivity contribution is -0.0211. The van der Waals surface area contributed by atoms with Gasteiger partial charge < -0.3 is 9.15 Å². The second kappa shape index (κ2) is 5.88. The maximum atomic E-state index is 14.6. The highest BCUT2D eigenvalue weighted by atomic mass is 35.5. The lowest BCUT2D eigenvalue weighted by atomic mass is 9.97. The van der Waals surface area contributed by atoms with Gasteiger partial charge in [0.1, 0.15) is 23.0 Å². The fraction of sp³-hybridized carbons (Fsp3) is 0.150. The molecule has 4 nitrogen and oxygen atoms in total. The van der Waals surface area contributed by atoms with E-state index in [4.69, 9.17) is 25.9 Å². The number of ether oxygens (including phenoxy) is 1. The lowest BCUT2D eigenvalue weighted by Gasteiger charge is -2.38. The first-order valence-electron chi connectivity index (χ1n) is 8.31. The number of hydrogen-bond donors (Lipinski definition) is 0. The van der Waals surface area contributed by atoms with Gasteiger partial charge in [0.2, 0.25) is 6.23 Å². The molecule has 1 aromatic heterocycles. The second-order valence-electron chi connectivity index (χ2n) is 6.27. The van der Waals surface area contributed by atoms with Gasteiger partial charge >= 0.3 is 0 Å². The van der Waals surface area contributed by atoms with Crippen molar-refractivity contribution in [2.75, 3.05) is 0 Å². The first-order chi connectivity index (χ1) is 12.7. The number of furan rings is 1. The van der Waals surface area contributed by atoms with Crippen LogP contribution < -0.4 is 4.74 Å². The average molecular weight is 369 g/mol. The van der Waals surface area contributed by atoms with Crippen LogP contribution >= 0.6 is 11.6 Å². The molecule has 0 saturated carbocycles. The number of halogens is 2. The zero-order chi connectivity index (χ0) is 17.7. The van der Waals surface area contributed by atoms with E-state index in [1.54, 1.807) is 23.4 Å². The quantitative estimate of drug-likeness (QED) is 0.614. The molecule has 26 heavy (non-hydrogen) atoms. The molecular weight excluding hydrogens is 355 g/mol. The molecule has 3 heterocycles. The van der Waals surface area contributed by atoms with Gasteiger partial charge in [-0.25, -0.2) is 9.40 Å². The van der Waals surface area contributed by atoms with Crippen LogP contribution in [0.15, 0.2) is 70.4 Å². The largest absolute Gasteiger partial charge is 0.464 e. The zero-order valence-electron chi connectivity index (χ0n) is 13.6. The van der Waals surface area contributed by atoms with Crippen molar-refractivity contribution < 1.29 is 13.5 Å². The van der Waals surface area contributed by atoms with E-state index in [0.29, 0.717) is 23.0 Å². The normalized spacial score (nSPS) is 21.0. The molecule has 6 heteroatoms. The molecule has 0 saturated heterocycles. The van der Waals surface area contributed by atoms with Crippen molar-refractivity contribution in [3.05, 3.63) is 88.6 Å². The van der Waals surface area contributed by atoms with E-state index in [1.807, 2.05) is 36.4 Å². The first kappa shape index (κ1) is 15.5. The Bertz CT molecular complexity index is 983. The van der Waals surface area contributed by atoms with Crippen molar-refractivity contribution >= 4 is 17.3 Å². The van der Waals surface area contributed by atoms with Crippen molar-refractivity contribution in [1.82, 2.24) is 5.01 Å². The van der Waals surface area contributed by atoms with Gasteiger partial charge in [0.05, 0.1) is 22.9 Å². The van der Waals surface area contributed by atoms with Crippen LogP contribution in [0.4, 0.5) is 4.39 Å². The molecule has 0 radical (unpaired) electrons. The van der Waals surface area contributed by atoms with Crippen molar-refractivity contribution in [3.8, 4) is 5.75 Å². The monoisotopic (exact) mass is 368 g/mol. The minimum absolute atomic E-state index is 0.0688. The van der Waals surface area contributed by atoms with E-state index in [2.05, 4.69) is 0 Å². The van der Waals surface area contributed by atoms with Crippen LogP contribution in [-0.4, -0.2) is 10.7 Å². The molecule has 0 unspecified atom stereocenters. The molecule has 0 fully saturated rings. The third-order valence-corrected chi connectivity index (χ3v) is 5.08. The summed E-state index contributed by atoms with van der Waals surface area (Å²) in [5.41, 5.74) is 2.11. The Labute approximate surface area is 154 Å². The van der Waals surface area contributed by atoms with Crippen molar-refractivity contribution in [3.63, 3.8) is 0 Å². The molecule has 0 amide bonds. The molecule has 3 aromatic rings. The smallest absolute Gasteiger partial charge is 0.218 e. The van der Waals surface area contributed by atoms with Gasteiger partial charge in [-0.05, 0) is 30.3 Å². The third kappa shape index (κ3) is 2.31. The molecule has 130 valence electrons. The Kier molecular flexibility index (Phi) is 3.50. The van der Waals surface area contributed by atoms with Crippen LogP contribution in [0.5, 0.6) is 5.75 Å². The molecule has 5 rings (SSSR count). The number of benzene rings is 2. The van der Waals surface area contributed by atoms with Crippen LogP contribution in [0.25, 0.3) is 0 Å². The molecule has 0 N–H and O–H groups in total. The Hall–Kier alpha value is -2.79. The van der Waals surface area contributed by atoms with Crippen molar-refractivity contribution in [2.24, 2.45) is 5.10 Å². The van der Waals surface area contributed by atoms with E-state index in [-0.39, 0.29) is 11.6 Å². The summed E-state index contributed by atoms with van der Waals surface area (Å²) in [7, 11) is 0. The Balaban J connectivity index is 1.66. The summed E-state index contributed by atoms with van der Waals surface area (Å²) in [4.78, 5) is 0. The van der Waals surface area contributed by atoms with Crippen molar-refractivity contribution in [2.45, 2.75) is 18.7 Å². The minimum atomic E-state index is -0.740.